The molecular weight excluding hydrogens is 678 g/mol. The molecule has 0 amide bonds. The Morgan fingerprint density at radius 2 is 1.57 bits per heavy atom. The van der Waals surface area contributed by atoms with Gasteiger partial charge in [-0.05, 0) is 95.2 Å². The third-order valence-electron chi connectivity index (χ3n) is 14.2. The average Bonchev–Trinajstić information content (AvgIpc) is 3.86. The lowest BCUT2D eigenvalue weighted by Gasteiger charge is -2.76. The first-order valence-corrected chi connectivity index (χ1v) is 20.2. The summed E-state index contributed by atoms with van der Waals surface area (Å²) in [6, 6.07) is 4.14. The molecule has 4 saturated carbocycles. The molecular formula is C42H67NO10. The van der Waals surface area contributed by atoms with Crippen LogP contribution in [0.15, 0.2) is 12.1 Å². The Morgan fingerprint density at radius 3 is 2.15 bits per heavy atom. The van der Waals surface area contributed by atoms with E-state index < -0.39 is 28.2 Å². The third-order valence-corrected chi connectivity index (χ3v) is 14.2. The highest BCUT2D eigenvalue weighted by molar-refractivity contribution is 5.69. The second-order valence-electron chi connectivity index (χ2n) is 17.6. The summed E-state index contributed by atoms with van der Waals surface area (Å²) in [5.74, 6) is 1.87. The molecule has 11 nitrogen and oxygen atoms in total. The molecule has 1 aromatic carbocycles. The molecule has 5 unspecified atom stereocenters. The van der Waals surface area contributed by atoms with Crippen molar-refractivity contribution in [1.82, 2.24) is 4.90 Å². The number of ether oxygens (including phenoxy) is 8. The van der Waals surface area contributed by atoms with Gasteiger partial charge in [0, 0.05) is 48.6 Å². The van der Waals surface area contributed by atoms with Crippen LogP contribution in [0.4, 0.5) is 4.79 Å². The molecule has 2 spiro atoms. The number of likely N-dealkylation sites (tertiary alicyclic amines) is 1. The van der Waals surface area contributed by atoms with Gasteiger partial charge in [0.25, 0.3) is 0 Å². The largest absolute Gasteiger partial charge is 0.514 e. The molecule has 8 atom stereocenters. The maximum atomic E-state index is 13.1. The van der Waals surface area contributed by atoms with Crippen molar-refractivity contribution in [2.24, 2.45) is 28.6 Å². The van der Waals surface area contributed by atoms with Crippen LogP contribution in [-0.4, -0.2) is 119 Å². The Kier molecular flexibility index (Phi) is 12.2. The first-order chi connectivity index (χ1) is 25.2. The SMILES string of the molecule is CCOCCOCCOCCOCCOC(=O)Oc1ccc(C)c2c1O[C@@H]1C23CCN(CC2CC2)C(C)[C@@]32CC(C(C)(O)C(C)(C)C)[C@]1(OC)CC2C. The van der Waals surface area contributed by atoms with Crippen LogP contribution in [0.1, 0.15) is 91.7 Å². The van der Waals surface area contributed by atoms with E-state index in [4.69, 9.17) is 37.9 Å². The molecule has 53 heavy (non-hydrogen) atoms. The number of piperidine rings is 1. The van der Waals surface area contributed by atoms with E-state index in [1.54, 1.807) is 7.11 Å². The van der Waals surface area contributed by atoms with Crippen molar-refractivity contribution < 1.29 is 47.8 Å². The number of carbonyl (C=O) groups excluding carboxylic acids is 1. The van der Waals surface area contributed by atoms with Gasteiger partial charge in [-0.15, -0.1) is 0 Å². The Hall–Kier alpha value is -1.99. The monoisotopic (exact) mass is 745 g/mol. The fraction of sp³-hybridized carbons (Fsp3) is 0.833. The van der Waals surface area contributed by atoms with Crippen molar-refractivity contribution in [2.75, 3.05) is 79.7 Å². The predicted octanol–water partition coefficient (Wildman–Crippen LogP) is 6.33. The summed E-state index contributed by atoms with van der Waals surface area (Å²) in [6.07, 6.45) is 3.98. The van der Waals surface area contributed by atoms with E-state index in [1.165, 1.54) is 12.8 Å². The molecule has 2 bridgehead atoms. The Bertz CT molecular complexity index is 1420. The lowest BCUT2D eigenvalue weighted by atomic mass is 9.32. The summed E-state index contributed by atoms with van der Waals surface area (Å²) in [7, 11) is 1.80. The molecule has 300 valence electrons. The number of benzene rings is 1. The molecule has 11 heteroatoms. The van der Waals surface area contributed by atoms with E-state index in [9.17, 15) is 9.90 Å². The van der Waals surface area contributed by atoms with Crippen LogP contribution in [0.3, 0.4) is 0 Å². The lowest BCUT2D eigenvalue weighted by molar-refractivity contribution is -0.325. The summed E-state index contributed by atoms with van der Waals surface area (Å²) in [5, 5.41) is 12.6. The van der Waals surface area contributed by atoms with Gasteiger partial charge in [0.05, 0.1) is 51.8 Å². The summed E-state index contributed by atoms with van der Waals surface area (Å²) < 4.78 is 47.2. The highest BCUT2D eigenvalue weighted by Crippen LogP contribution is 2.77. The van der Waals surface area contributed by atoms with Crippen molar-refractivity contribution in [1.29, 1.82) is 0 Å². The van der Waals surface area contributed by atoms with Gasteiger partial charge in [0.15, 0.2) is 11.5 Å². The number of nitrogens with zero attached hydrogens (tertiary/aromatic N) is 1. The minimum atomic E-state index is -1.04. The fourth-order valence-corrected chi connectivity index (χ4v) is 11.0. The molecule has 1 aromatic rings. The highest BCUT2D eigenvalue weighted by Gasteiger charge is 2.82. The van der Waals surface area contributed by atoms with Crippen molar-refractivity contribution in [3.63, 3.8) is 0 Å². The molecule has 1 saturated heterocycles. The topological polar surface area (TPSA) is 114 Å². The second kappa shape index (κ2) is 15.9. The first-order valence-electron chi connectivity index (χ1n) is 20.2. The maximum Gasteiger partial charge on any atom is 0.514 e. The number of carbonyl (C=O) groups is 1. The zero-order valence-corrected chi connectivity index (χ0v) is 33.9. The first kappa shape index (κ1) is 40.7. The lowest BCUT2D eigenvalue weighted by Crippen LogP contribution is -2.83. The van der Waals surface area contributed by atoms with Crippen molar-refractivity contribution in [3.05, 3.63) is 23.3 Å². The van der Waals surface area contributed by atoms with Crippen LogP contribution in [0.2, 0.25) is 0 Å². The minimum absolute atomic E-state index is 0.0478. The van der Waals surface area contributed by atoms with Crippen LogP contribution in [0.5, 0.6) is 11.5 Å². The van der Waals surface area contributed by atoms with Crippen LogP contribution in [-0.2, 0) is 33.8 Å². The van der Waals surface area contributed by atoms with E-state index in [0.717, 1.165) is 49.4 Å². The van der Waals surface area contributed by atoms with Crippen molar-refractivity contribution >= 4 is 6.16 Å². The number of hydrogen-bond donors (Lipinski definition) is 1. The van der Waals surface area contributed by atoms with E-state index in [-0.39, 0.29) is 36.7 Å². The van der Waals surface area contributed by atoms with Crippen LogP contribution >= 0.6 is 0 Å². The fourth-order valence-electron chi connectivity index (χ4n) is 11.0. The van der Waals surface area contributed by atoms with E-state index >= 15 is 0 Å². The molecule has 2 heterocycles. The van der Waals surface area contributed by atoms with Crippen molar-refractivity contribution in [2.45, 2.75) is 116 Å². The van der Waals surface area contributed by atoms with Gasteiger partial charge in [-0.3, -0.25) is 4.90 Å². The Balaban J connectivity index is 1.20. The summed E-state index contributed by atoms with van der Waals surface area (Å²) >= 11 is 0. The number of hydrogen-bond acceptors (Lipinski definition) is 11. The highest BCUT2D eigenvalue weighted by atomic mass is 16.7. The predicted molar refractivity (Wildman–Crippen MR) is 201 cm³/mol. The average molecular weight is 746 g/mol. The zero-order chi connectivity index (χ0) is 38.2. The Labute approximate surface area is 317 Å². The van der Waals surface area contributed by atoms with Gasteiger partial charge in [-0.2, -0.15) is 0 Å². The number of rotatable bonds is 18. The molecule has 5 fully saturated rings. The molecule has 7 rings (SSSR count). The third kappa shape index (κ3) is 7.03. The zero-order valence-electron chi connectivity index (χ0n) is 33.9. The smallest absolute Gasteiger partial charge is 0.482 e. The van der Waals surface area contributed by atoms with Gasteiger partial charge in [-0.1, -0.05) is 33.8 Å². The number of aryl methyl sites for hydroxylation is 1. The minimum Gasteiger partial charge on any atom is -0.482 e. The van der Waals surface area contributed by atoms with Gasteiger partial charge >= 0.3 is 6.16 Å². The summed E-state index contributed by atoms with van der Waals surface area (Å²) in [4.78, 5) is 15.9. The molecule has 2 aliphatic heterocycles. The Morgan fingerprint density at radius 1 is 0.943 bits per heavy atom. The van der Waals surface area contributed by atoms with Crippen LogP contribution in [0.25, 0.3) is 0 Å². The van der Waals surface area contributed by atoms with Crippen LogP contribution in [0, 0.1) is 35.5 Å². The number of fused-ring (bicyclic) bond motifs is 3. The quantitative estimate of drug-likeness (QED) is 0.103. The van der Waals surface area contributed by atoms with Crippen molar-refractivity contribution in [3.8, 4) is 11.5 Å². The van der Waals surface area contributed by atoms with Gasteiger partial charge < -0.3 is 43.0 Å². The molecule has 4 aliphatic carbocycles. The van der Waals surface area contributed by atoms with E-state index in [0.29, 0.717) is 63.7 Å². The molecule has 0 radical (unpaired) electrons. The van der Waals surface area contributed by atoms with Gasteiger partial charge in [0.2, 0.25) is 0 Å². The van der Waals surface area contributed by atoms with E-state index in [2.05, 4.69) is 52.5 Å². The van der Waals surface area contributed by atoms with Gasteiger partial charge in [0.1, 0.15) is 18.3 Å². The number of aliphatic hydroxyl groups is 1. The van der Waals surface area contributed by atoms with Gasteiger partial charge in [-0.25, -0.2) is 4.79 Å². The normalized spacial score (nSPS) is 33.1. The van der Waals surface area contributed by atoms with Crippen LogP contribution < -0.4 is 9.47 Å². The maximum absolute atomic E-state index is 13.1. The standard InChI is InChI=1S/C42H67NO10/c1-10-47-17-18-48-19-20-49-21-22-50-23-24-51-37(44)52-32-14-11-28(2)34-35(32)53-36-40(34)15-16-43(27-31-12-13-31)30(4)41(40)26-33(39(8,45)38(5,6)7)42(36,46-9)25-29(41)3/h11,14,29-31,33,36,45H,10,12-13,15-27H2,1-9H3/t29?,30?,33?,36-,39?,40?,41+,42-/m1/s1. The second-order valence-corrected chi connectivity index (χ2v) is 17.6. The molecule has 6 aliphatic rings. The molecule has 1 N–H and O–H groups in total. The summed E-state index contributed by atoms with van der Waals surface area (Å²) in [6.45, 7) is 23.3. The summed E-state index contributed by atoms with van der Waals surface area (Å²) in [5.41, 5.74) is -0.528. The molecule has 0 aromatic heterocycles. The van der Waals surface area contributed by atoms with E-state index in [1.807, 2.05) is 19.9 Å². The number of methoxy groups -OCH3 is 1.